The van der Waals surface area contributed by atoms with Gasteiger partial charge in [-0.2, -0.15) is 0 Å². The number of amides is 1. The topological polar surface area (TPSA) is 35.6 Å². The number of nitrogens with zero attached hydrogens (tertiary/aromatic N) is 2. The lowest BCUT2D eigenvalue weighted by Crippen LogP contribution is -2.42. The summed E-state index contributed by atoms with van der Waals surface area (Å²) in [6, 6.07) is 16.4. The smallest absolute Gasteiger partial charge is 0.241 e. The van der Waals surface area contributed by atoms with E-state index in [2.05, 4.69) is 29.0 Å². The Hall–Kier alpha value is -2.40. The summed E-state index contributed by atoms with van der Waals surface area (Å²) in [6.45, 7) is 8.31. The average molecular weight is 384 g/mol. The first kappa shape index (κ1) is 20.3. The minimum absolute atomic E-state index is 0.0649. The molecule has 1 fully saturated rings. The normalized spacial score (nSPS) is 17.7. The quantitative estimate of drug-likeness (QED) is 0.752. The Kier molecular flexibility index (Phi) is 7.04. The highest BCUT2D eigenvalue weighted by Crippen LogP contribution is 2.25. The predicted octanol–water partition coefficient (Wildman–Crippen LogP) is 3.85. The van der Waals surface area contributed by atoms with Gasteiger partial charge in [-0.1, -0.05) is 44.2 Å². The maximum Gasteiger partial charge on any atom is 0.241 e. The first-order chi connectivity index (χ1) is 13.6. The van der Waals surface area contributed by atoms with Crippen LogP contribution in [-0.4, -0.2) is 43.5 Å². The van der Waals surface area contributed by atoms with E-state index in [1.54, 1.807) is 0 Å². The number of nitrogens with one attached hydrogen (secondary N) is 1. The van der Waals surface area contributed by atoms with Gasteiger partial charge >= 0.3 is 0 Å². The highest BCUT2D eigenvalue weighted by Gasteiger charge is 2.28. The second kappa shape index (κ2) is 9.69. The summed E-state index contributed by atoms with van der Waals surface area (Å²) in [7, 11) is 0. The largest absolute Gasteiger partial charge is 0.371 e. The second-order valence-corrected chi connectivity index (χ2v) is 7.36. The summed E-state index contributed by atoms with van der Waals surface area (Å²) >= 11 is 0. The number of hydrogen-bond donors (Lipinski definition) is 1. The van der Waals surface area contributed by atoms with Crippen molar-refractivity contribution < 1.29 is 9.18 Å². The third-order valence-electron chi connectivity index (χ3n) is 5.58. The van der Waals surface area contributed by atoms with Crippen LogP contribution < -0.4 is 10.2 Å². The number of benzene rings is 2. The van der Waals surface area contributed by atoms with Gasteiger partial charge in [0.15, 0.2) is 0 Å². The number of anilines is 1. The van der Waals surface area contributed by atoms with Gasteiger partial charge in [-0.05, 0) is 55.3 Å². The van der Waals surface area contributed by atoms with Crippen LogP contribution in [0, 0.1) is 11.7 Å². The van der Waals surface area contributed by atoms with Crippen molar-refractivity contribution in [3.8, 4) is 0 Å². The lowest BCUT2D eigenvalue weighted by atomic mass is 10.0. The van der Waals surface area contributed by atoms with Gasteiger partial charge in [0.1, 0.15) is 11.9 Å². The Morgan fingerprint density at radius 3 is 2.46 bits per heavy atom. The number of rotatable bonds is 8. The van der Waals surface area contributed by atoms with Crippen LogP contribution in [0.4, 0.5) is 10.1 Å². The molecule has 1 aliphatic heterocycles. The summed E-state index contributed by atoms with van der Waals surface area (Å²) in [5.74, 6) is 0.257. The van der Waals surface area contributed by atoms with Crippen LogP contribution in [0.5, 0.6) is 0 Å². The number of carbonyl (C=O) groups is 1. The fourth-order valence-corrected chi connectivity index (χ4v) is 3.98. The Bertz CT molecular complexity index is 746. The minimum atomic E-state index is -0.259. The summed E-state index contributed by atoms with van der Waals surface area (Å²) in [4.78, 5) is 17.5. The molecular formula is C23H30FN3O. The van der Waals surface area contributed by atoms with E-state index in [1.165, 1.54) is 12.1 Å². The van der Waals surface area contributed by atoms with E-state index < -0.39 is 0 Å². The van der Waals surface area contributed by atoms with Crippen LogP contribution in [0.2, 0.25) is 0 Å². The highest BCUT2D eigenvalue weighted by molar-refractivity contribution is 5.83. The number of halogens is 1. The van der Waals surface area contributed by atoms with Crippen molar-refractivity contribution in [3.05, 3.63) is 66.0 Å². The van der Waals surface area contributed by atoms with E-state index in [9.17, 15) is 9.18 Å². The van der Waals surface area contributed by atoms with Crippen LogP contribution in [0.15, 0.2) is 54.6 Å². The Labute approximate surface area is 167 Å². The Morgan fingerprint density at radius 1 is 1.14 bits per heavy atom. The van der Waals surface area contributed by atoms with Crippen LogP contribution in [0.3, 0.4) is 0 Å². The SMILES string of the molecule is CCN(CC)C(C(=O)NCC1CCN(c2ccc(F)cc2)C1)c1ccccc1. The molecule has 2 aromatic rings. The van der Waals surface area contributed by atoms with Gasteiger partial charge in [0.05, 0.1) is 0 Å². The molecule has 0 bridgehead atoms. The molecule has 1 saturated heterocycles. The zero-order valence-corrected chi connectivity index (χ0v) is 16.8. The van der Waals surface area contributed by atoms with E-state index >= 15 is 0 Å². The summed E-state index contributed by atoms with van der Waals surface area (Å²) in [6.07, 6.45) is 1.03. The third kappa shape index (κ3) is 4.90. The molecule has 1 N–H and O–H groups in total. The molecule has 2 atom stereocenters. The molecule has 0 saturated carbocycles. The van der Waals surface area contributed by atoms with Crippen molar-refractivity contribution in [2.24, 2.45) is 5.92 Å². The van der Waals surface area contributed by atoms with Gasteiger partial charge in [0.25, 0.3) is 0 Å². The summed E-state index contributed by atoms with van der Waals surface area (Å²) in [5.41, 5.74) is 2.07. The fourth-order valence-electron chi connectivity index (χ4n) is 3.98. The number of hydrogen-bond acceptors (Lipinski definition) is 3. The molecule has 2 unspecified atom stereocenters. The molecule has 150 valence electrons. The lowest BCUT2D eigenvalue weighted by Gasteiger charge is -2.29. The van der Waals surface area contributed by atoms with Crippen LogP contribution >= 0.6 is 0 Å². The highest BCUT2D eigenvalue weighted by atomic mass is 19.1. The van der Waals surface area contributed by atoms with Crippen molar-refractivity contribution in [1.82, 2.24) is 10.2 Å². The molecule has 3 rings (SSSR count). The third-order valence-corrected chi connectivity index (χ3v) is 5.58. The second-order valence-electron chi connectivity index (χ2n) is 7.36. The lowest BCUT2D eigenvalue weighted by molar-refractivity contribution is -0.126. The van der Waals surface area contributed by atoms with E-state index in [0.717, 1.165) is 43.9 Å². The first-order valence-corrected chi connectivity index (χ1v) is 10.2. The number of carbonyl (C=O) groups excluding carboxylic acids is 1. The molecule has 0 spiro atoms. The van der Waals surface area contributed by atoms with Gasteiger partial charge in [-0.15, -0.1) is 0 Å². The standard InChI is InChI=1S/C23H30FN3O/c1-3-26(4-2)22(19-8-6-5-7-9-19)23(28)25-16-18-14-15-27(17-18)21-12-10-20(24)11-13-21/h5-13,18,22H,3-4,14-17H2,1-2H3,(H,25,28). The van der Waals surface area contributed by atoms with Gasteiger partial charge < -0.3 is 10.2 Å². The number of likely N-dealkylation sites (N-methyl/N-ethyl adjacent to an activating group) is 1. The van der Waals surface area contributed by atoms with Crippen LogP contribution in [-0.2, 0) is 4.79 Å². The average Bonchev–Trinajstić information content (AvgIpc) is 3.20. The molecule has 4 nitrogen and oxygen atoms in total. The summed E-state index contributed by atoms with van der Waals surface area (Å²) in [5, 5.41) is 3.19. The summed E-state index contributed by atoms with van der Waals surface area (Å²) < 4.78 is 13.1. The van der Waals surface area contributed by atoms with Crippen molar-refractivity contribution in [2.45, 2.75) is 26.3 Å². The maximum absolute atomic E-state index is 13.1. The van der Waals surface area contributed by atoms with Crippen molar-refractivity contribution in [3.63, 3.8) is 0 Å². The van der Waals surface area contributed by atoms with E-state index in [1.807, 2.05) is 42.5 Å². The van der Waals surface area contributed by atoms with Crippen molar-refractivity contribution in [1.29, 1.82) is 0 Å². The van der Waals surface area contributed by atoms with E-state index in [0.29, 0.717) is 12.5 Å². The molecule has 2 aromatic carbocycles. The maximum atomic E-state index is 13.1. The zero-order valence-electron chi connectivity index (χ0n) is 16.8. The molecule has 1 aliphatic rings. The van der Waals surface area contributed by atoms with Crippen LogP contribution in [0.25, 0.3) is 0 Å². The Morgan fingerprint density at radius 2 is 1.82 bits per heavy atom. The van der Waals surface area contributed by atoms with E-state index in [-0.39, 0.29) is 17.8 Å². The fraction of sp³-hybridized carbons (Fsp3) is 0.435. The molecular weight excluding hydrogens is 353 g/mol. The first-order valence-electron chi connectivity index (χ1n) is 10.2. The minimum Gasteiger partial charge on any atom is -0.371 e. The van der Waals surface area contributed by atoms with Gasteiger partial charge in [0.2, 0.25) is 5.91 Å². The molecule has 28 heavy (non-hydrogen) atoms. The molecule has 5 heteroatoms. The molecule has 1 heterocycles. The molecule has 0 aliphatic carbocycles. The zero-order chi connectivity index (χ0) is 19.9. The molecule has 1 amide bonds. The molecule has 0 radical (unpaired) electrons. The van der Waals surface area contributed by atoms with E-state index in [4.69, 9.17) is 0 Å². The van der Waals surface area contributed by atoms with Gasteiger partial charge in [-0.3, -0.25) is 9.69 Å². The van der Waals surface area contributed by atoms with Crippen LogP contribution in [0.1, 0.15) is 31.9 Å². The molecule has 0 aromatic heterocycles. The Balaban J connectivity index is 1.59. The van der Waals surface area contributed by atoms with Crippen molar-refractivity contribution in [2.75, 3.05) is 37.6 Å². The van der Waals surface area contributed by atoms with Crippen molar-refractivity contribution >= 4 is 11.6 Å². The van der Waals surface area contributed by atoms with Gasteiger partial charge in [0, 0.05) is 25.3 Å². The van der Waals surface area contributed by atoms with Gasteiger partial charge in [-0.25, -0.2) is 4.39 Å². The monoisotopic (exact) mass is 383 g/mol. The predicted molar refractivity (Wildman–Crippen MR) is 112 cm³/mol.